The third kappa shape index (κ3) is 6.36. The minimum Gasteiger partial charge on any atom is -0.352 e. The Morgan fingerprint density at radius 2 is 2.00 bits per heavy atom. The molecule has 0 unspecified atom stereocenters. The summed E-state index contributed by atoms with van der Waals surface area (Å²) in [7, 11) is 0. The molecule has 62 valence electrons. The summed E-state index contributed by atoms with van der Waals surface area (Å²) in [6.45, 7) is 3.92. The summed E-state index contributed by atoms with van der Waals surface area (Å²) in [6.07, 6.45) is 1.81. The Labute approximate surface area is 64.8 Å². The summed E-state index contributed by atoms with van der Waals surface area (Å²) >= 11 is 0. The smallest absolute Gasteiger partial charge is 0.309 e. The number of rotatable bonds is 0. The van der Waals surface area contributed by atoms with Crippen molar-refractivity contribution in [3.63, 3.8) is 0 Å². The van der Waals surface area contributed by atoms with E-state index in [4.69, 9.17) is 4.79 Å². The van der Waals surface area contributed by atoms with Crippen LogP contribution in [0.5, 0.6) is 0 Å². The normalized spacial score (nSPS) is 8.18. The van der Waals surface area contributed by atoms with Gasteiger partial charge in [-0.3, -0.25) is 0 Å². The van der Waals surface area contributed by atoms with Crippen molar-refractivity contribution < 1.29 is 4.79 Å². The Morgan fingerprint density at radius 3 is 2.09 bits per heavy atom. The molecule has 5 nitrogen and oxygen atoms in total. The molecule has 0 spiro atoms. The number of primary amides is 2. The number of hydrogen-bond acceptors (Lipinski definition) is 2. The number of urea groups is 1. The summed E-state index contributed by atoms with van der Waals surface area (Å²) in [5.74, 6) is 0.984. The number of hydrogen-bond donors (Lipinski definition) is 3. The van der Waals surface area contributed by atoms with Crippen molar-refractivity contribution in [2.45, 2.75) is 13.8 Å². The van der Waals surface area contributed by atoms with E-state index >= 15 is 0 Å². The fourth-order valence-corrected chi connectivity index (χ4v) is 0.544. The number of aryl methyl sites for hydroxylation is 2. The van der Waals surface area contributed by atoms with Gasteiger partial charge in [-0.2, -0.15) is 0 Å². The monoisotopic (exact) mass is 156 g/mol. The number of nitrogens with one attached hydrogen (secondary N) is 1. The van der Waals surface area contributed by atoms with Gasteiger partial charge in [-0.05, 0) is 13.8 Å². The van der Waals surface area contributed by atoms with Gasteiger partial charge in [0.15, 0.2) is 0 Å². The summed E-state index contributed by atoms with van der Waals surface area (Å²) < 4.78 is 0. The minimum absolute atomic E-state index is 0.833. The van der Waals surface area contributed by atoms with Crippen molar-refractivity contribution in [2.75, 3.05) is 0 Å². The molecular weight excluding hydrogens is 144 g/mol. The van der Waals surface area contributed by atoms with Gasteiger partial charge < -0.3 is 16.5 Å². The second-order valence-electron chi connectivity index (χ2n) is 2.05. The van der Waals surface area contributed by atoms with Crippen molar-refractivity contribution in [3.8, 4) is 0 Å². The molecule has 5 heteroatoms. The molecule has 0 fully saturated rings. The lowest BCUT2D eigenvalue weighted by Gasteiger charge is -1.74. The molecule has 0 aliphatic heterocycles. The second-order valence-corrected chi connectivity index (χ2v) is 2.05. The van der Waals surface area contributed by atoms with Gasteiger partial charge in [0.1, 0.15) is 5.82 Å². The molecule has 2 amide bonds. The van der Waals surface area contributed by atoms with Gasteiger partial charge >= 0.3 is 6.03 Å². The van der Waals surface area contributed by atoms with Gasteiger partial charge in [0.05, 0.1) is 0 Å². The zero-order chi connectivity index (χ0) is 8.85. The Morgan fingerprint density at radius 1 is 1.55 bits per heavy atom. The van der Waals surface area contributed by atoms with Crippen LogP contribution in [-0.2, 0) is 0 Å². The van der Waals surface area contributed by atoms with Crippen LogP contribution in [0.2, 0.25) is 0 Å². The summed E-state index contributed by atoms with van der Waals surface area (Å²) in [5.41, 5.74) is 9.62. The molecule has 0 aliphatic carbocycles. The molecule has 5 N–H and O–H groups in total. The quantitative estimate of drug-likeness (QED) is 0.494. The summed E-state index contributed by atoms with van der Waals surface area (Å²) in [6, 6.07) is -0.833. The van der Waals surface area contributed by atoms with E-state index in [1.807, 2.05) is 20.0 Å². The highest BCUT2D eigenvalue weighted by Gasteiger charge is 1.83. The zero-order valence-corrected chi connectivity index (χ0v) is 6.59. The van der Waals surface area contributed by atoms with Gasteiger partial charge in [0.25, 0.3) is 0 Å². The Balaban J connectivity index is 0.000000218. The lowest BCUT2D eigenvalue weighted by atomic mass is 10.6. The average Bonchev–Trinajstić information content (AvgIpc) is 2.13. The Hall–Kier alpha value is -1.52. The number of H-pyrrole nitrogens is 1. The third-order valence-electron chi connectivity index (χ3n) is 0.830. The predicted octanol–water partition coefficient (Wildman–Crippen LogP) is 0.0503. The second kappa shape index (κ2) is 4.32. The molecule has 1 aromatic rings. The number of carbonyl (C=O) groups excluding carboxylic acids is 1. The number of amides is 2. The van der Waals surface area contributed by atoms with Crippen LogP contribution >= 0.6 is 0 Å². The Kier molecular flexibility index (Phi) is 3.72. The number of carbonyl (C=O) groups is 1. The van der Waals surface area contributed by atoms with E-state index in [1.165, 1.54) is 0 Å². The van der Waals surface area contributed by atoms with E-state index in [2.05, 4.69) is 21.4 Å². The van der Waals surface area contributed by atoms with E-state index in [0.717, 1.165) is 11.5 Å². The molecule has 0 saturated carbocycles. The molecule has 1 heterocycles. The zero-order valence-electron chi connectivity index (χ0n) is 6.59. The molecule has 1 rings (SSSR count). The lowest BCUT2D eigenvalue weighted by Crippen LogP contribution is -2.18. The molecule has 0 saturated heterocycles. The first kappa shape index (κ1) is 9.48. The van der Waals surface area contributed by atoms with Crippen LogP contribution < -0.4 is 11.5 Å². The highest BCUT2D eigenvalue weighted by Crippen LogP contribution is 1.89. The topological polar surface area (TPSA) is 97.8 Å². The molecule has 1 aromatic heterocycles. The maximum absolute atomic E-state index is 9.00. The van der Waals surface area contributed by atoms with Crippen LogP contribution in [0.3, 0.4) is 0 Å². The van der Waals surface area contributed by atoms with Crippen molar-refractivity contribution in [1.29, 1.82) is 0 Å². The highest BCUT2D eigenvalue weighted by molar-refractivity contribution is 5.69. The SMILES string of the molecule is Cc1cnc(C)[nH]1.NC(N)=O. The minimum atomic E-state index is -0.833. The number of aromatic amines is 1. The first-order valence-electron chi connectivity index (χ1n) is 3.05. The standard InChI is InChI=1S/C5H8N2.CH4N2O/c1-4-3-6-5(2)7-4;2-1(3)4/h3H,1-2H3,(H,6,7);(H4,2,3,4). The van der Waals surface area contributed by atoms with E-state index < -0.39 is 6.03 Å². The number of aromatic nitrogens is 2. The van der Waals surface area contributed by atoms with E-state index in [9.17, 15) is 0 Å². The lowest BCUT2D eigenvalue weighted by molar-refractivity contribution is 0.256. The largest absolute Gasteiger partial charge is 0.352 e. The maximum atomic E-state index is 9.00. The molecule has 0 atom stereocenters. The fraction of sp³-hybridized carbons (Fsp3) is 0.333. The molecular formula is C6H12N4O. The number of nitrogens with zero attached hydrogens (tertiary/aromatic N) is 1. The van der Waals surface area contributed by atoms with Crippen LogP contribution in [0, 0.1) is 13.8 Å². The Bertz CT molecular complexity index is 210. The van der Waals surface area contributed by atoms with Crippen molar-refractivity contribution in [3.05, 3.63) is 17.7 Å². The first-order chi connectivity index (χ1) is 5.02. The fourth-order valence-electron chi connectivity index (χ4n) is 0.544. The summed E-state index contributed by atoms with van der Waals surface area (Å²) in [5, 5.41) is 0. The van der Waals surface area contributed by atoms with E-state index in [-0.39, 0.29) is 0 Å². The first-order valence-corrected chi connectivity index (χ1v) is 3.05. The predicted molar refractivity (Wildman–Crippen MR) is 41.8 cm³/mol. The van der Waals surface area contributed by atoms with Gasteiger partial charge in [-0.15, -0.1) is 0 Å². The van der Waals surface area contributed by atoms with Crippen LogP contribution in [0.4, 0.5) is 4.79 Å². The molecule has 0 radical (unpaired) electrons. The molecule has 0 aromatic carbocycles. The average molecular weight is 156 g/mol. The van der Waals surface area contributed by atoms with Crippen molar-refractivity contribution in [1.82, 2.24) is 9.97 Å². The molecule has 0 aliphatic rings. The van der Waals surface area contributed by atoms with Gasteiger partial charge in [0.2, 0.25) is 0 Å². The van der Waals surface area contributed by atoms with Gasteiger partial charge in [0, 0.05) is 11.9 Å². The van der Waals surface area contributed by atoms with E-state index in [1.54, 1.807) is 0 Å². The van der Waals surface area contributed by atoms with Crippen molar-refractivity contribution in [2.24, 2.45) is 11.5 Å². The third-order valence-corrected chi connectivity index (χ3v) is 0.830. The summed E-state index contributed by atoms with van der Waals surface area (Å²) in [4.78, 5) is 16.0. The van der Waals surface area contributed by atoms with Crippen LogP contribution in [0.1, 0.15) is 11.5 Å². The maximum Gasteiger partial charge on any atom is 0.309 e. The van der Waals surface area contributed by atoms with Crippen LogP contribution in [0.25, 0.3) is 0 Å². The molecule has 11 heavy (non-hydrogen) atoms. The van der Waals surface area contributed by atoms with Crippen LogP contribution in [-0.4, -0.2) is 16.0 Å². The van der Waals surface area contributed by atoms with E-state index in [0.29, 0.717) is 0 Å². The number of nitrogens with two attached hydrogens (primary N) is 2. The number of imidazole rings is 1. The van der Waals surface area contributed by atoms with Crippen molar-refractivity contribution >= 4 is 6.03 Å². The van der Waals surface area contributed by atoms with Gasteiger partial charge in [-0.1, -0.05) is 0 Å². The highest BCUT2D eigenvalue weighted by atomic mass is 16.2. The van der Waals surface area contributed by atoms with Crippen LogP contribution in [0.15, 0.2) is 6.20 Å². The molecule has 0 bridgehead atoms. The van der Waals surface area contributed by atoms with Gasteiger partial charge in [-0.25, -0.2) is 9.78 Å².